The van der Waals surface area contributed by atoms with Crippen molar-refractivity contribution in [2.24, 2.45) is 0 Å². The number of benzene rings is 2. The highest BCUT2D eigenvalue weighted by molar-refractivity contribution is 6.31. The van der Waals surface area contributed by atoms with Gasteiger partial charge in [0.2, 0.25) is 5.88 Å². The normalized spacial score (nSPS) is 10.8. The average Bonchev–Trinajstić information content (AvgIpc) is 2.59. The second-order valence-electron chi connectivity index (χ2n) is 6.15. The summed E-state index contributed by atoms with van der Waals surface area (Å²) < 4.78 is 5.56. The first-order chi connectivity index (χ1) is 12.4. The molecule has 3 aromatic rings. The Hall–Kier alpha value is -2.66. The molecule has 2 aromatic carbocycles. The number of hydrogen-bond acceptors (Lipinski definition) is 4. The zero-order valence-electron chi connectivity index (χ0n) is 15.2. The van der Waals surface area contributed by atoms with Crippen LogP contribution in [0.1, 0.15) is 34.1 Å². The van der Waals surface area contributed by atoms with Crippen molar-refractivity contribution in [3.8, 4) is 5.88 Å². The lowest BCUT2D eigenvalue weighted by atomic mass is 10.1. The fourth-order valence-electron chi connectivity index (χ4n) is 2.54. The molecule has 0 aliphatic rings. The van der Waals surface area contributed by atoms with Crippen molar-refractivity contribution in [3.63, 3.8) is 0 Å². The van der Waals surface area contributed by atoms with Crippen molar-refractivity contribution >= 4 is 34.2 Å². The minimum Gasteiger partial charge on any atom is -0.476 e. The number of ether oxygens (including phenoxy) is 1. The smallest absolute Gasteiger partial charge is 0.279 e. The number of carbonyl (C=O) groups excluding carboxylic acids is 1. The fourth-order valence-corrected chi connectivity index (χ4v) is 2.72. The lowest BCUT2D eigenvalue weighted by Crippen LogP contribution is -2.17. The van der Waals surface area contributed by atoms with Gasteiger partial charge >= 0.3 is 0 Å². The van der Waals surface area contributed by atoms with E-state index in [1.807, 2.05) is 45.9 Å². The monoisotopic (exact) mass is 369 g/mol. The third kappa shape index (κ3) is 3.63. The van der Waals surface area contributed by atoms with Crippen molar-refractivity contribution in [1.82, 2.24) is 9.97 Å². The molecule has 1 heterocycles. The summed E-state index contributed by atoms with van der Waals surface area (Å²) >= 11 is 6.13. The summed E-state index contributed by atoms with van der Waals surface area (Å²) in [6.45, 7) is 8.15. The number of hydrogen-bond donors (Lipinski definition) is 1. The molecule has 6 heteroatoms. The number of anilines is 1. The van der Waals surface area contributed by atoms with Gasteiger partial charge in [0.1, 0.15) is 0 Å². The summed E-state index contributed by atoms with van der Waals surface area (Å²) in [6.07, 6.45) is 0. The molecule has 5 nitrogen and oxygen atoms in total. The molecule has 0 radical (unpaired) electrons. The van der Waals surface area contributed by atoms with Crippen molar-refractivity contribution in [3.05, 3.63) is 57.7 Å². The van der Waals surface area contributed by atoms with Gasteiger partial charge in [-0.25, -0.2) is 9.97 Å². The Morgan fingerprint density at radius 1 is 1.04 bits per heavy atom. The average molecular weight is 370 g/mol. The molecular formula is C20H20ClN3O2. The number of aryl methyl sites for hydroxylation is 3. The van der Waals surface area contributed by atoms with Gasteiger partial charge in [-0.05, 0) is 68.7 Å². The lowest BCUT2D eigenvalue weighted by molar-refractivity contribution is 0.101. The van der Waals surface area contributed by atoms with Crippen LogP contribution in [0.4, 0.5) is 5.69 Å². The Bertz CT molecular complexity index is 1000. The standard InChI is InChI=1S/C20H20ClN3O2/c1-5-26-20-18(19(25)22-14-7-6-11(2)15(21)10-14)23-16-8-12(3)13(4)9-17(16)24-20/h6-10H,5H2,1-4H3,(H,22,25). The van der Waals surface area contributed by atoms with E-state index < -0.39 is 0 Å². The summed E-state index contributed by atoms with van der Waals surface area (Å²) in [5, 5.41) is 3.40. The summed E-state index contributed by atoms with van der Waals surface area (Å²) in [4.78, 5) is 21.8. The molecule has 1 aromatic heterocycles. The topological polar surface area (TPSA) is 64.1 Å². The van der Waals surface area contributed by atoms with Gasteiger partial charge in [0.05, 0.1) is 17.6 Å². The van der Waals surface area contributed by atoms with Gasteiger partial charge in [0.25, 0.3) is 5.91 Å². The van der Waals surface area contributed by atoms with Crippen LogP contribution in [0.25, 0.3) is 11.0 Å². The van der Waals surface area contributed by atoms with E-state index in [1.165, 1.54) is 0 Å². The molecule has 0 saturated carbocycles. The van der Waals surface area contributed by atoms with Gasteiger partial charge in [-0.3, -0.25) is 4.79 Å². The first kappa shape index (κ1) is 18.1. The maximum absolute atomic E-state index is 12.8. The molecule has 0 aliphatic heterocycles. The Labute approximate surface area is 157 Å². The quantitative estimate of drug-likeness (QED) is 0.713. The first-order valence-corrected chi connectivity index (χ1v) is 8.76. The highest BCUT2D eigenvalue weighted by Crippen LogP contribution is 2.24. The van der Waals surface area contributed by atoms with Crippen molar-refractivity contribution in [2.45, 2.75) is 27.7 Å². The van der Waals surface area contributed by atoms with Gasteiger partial charge in [-0.15, -0.1) is 0 Å². The number of fused-ring (bicyclic) bond motifs is 1. The summed E-state index contributed by atoms with van der Waals surface area (Å²) in [6, 6.07) is 9.21. The minimum atomic E-state index is -0.388. The van der Waals surface area contributed by atoms with E-state index in [4.69, 9.17) is 16.3 Å². The number of nitrogens with one attached hydrogen (secondary N) is 1. The van der Waals surface area contributed by atoms with E-state index in [1.54, 1.807) is 12.1 Å². The molecule has 0 aliphatic carbocycles. The molecule has 134 valence electrons. The van der Waals surface area contributed by atoms with Crippen LogP contribution in [-0.2, 0) is 0 Å². The van der Waals surface area contributed by atoms with Crippen molar-refractivity contribution in [1.29, 1.82) is 0 Å². The summed E-state index contributed by atoms with van der Waals surface area (Å²) in [7, 11) is 0. The predicted octanol–water partition coefficient (Wildman–Crippen LogP) is 4.86. The van der Waals surface area contributed by atoms with Gasteiger partial charge in [0, 0.05) is 10.7 Å². The molecule has 0 fully saturated rings. The van der Waals surface area contributed by atoms with Gasteiger partial charge in [0.15, 0.2) is 5.69 Å². The van der Waals surface area contributed by atoms with E-state index in [9.17, 15) is 4.79 Å². The zero-order chi connectivity index (χ0) is 18.8. The number of halogens is 1. The first-order valence-electron chi connectivity index (χ1n) is 8.38. The third-order valence-corrected chi connectivity index (χ3v) is 4.58. The molecular weight excluding hydrogens is 350 g/mol. The number of nitrogens with zero attached hydrogens (tertiary/aromatic N) is 2. The number of aromatic nitrogens is 2. The zero-order valence-corrected chi connectivity index (χ0v) is 15.9. The Morgan fingerprint density at radius 2 is 1.69 bits per heavy atom. The van der Waals surface area contributed by atoms with Crippen LogP contribution in [0.5, 0.6) is 5.88 Å². The van der Waals surface area contributed by atoms with E-state index in [2.05, 4.69) is 15.3 Å². The third-order valence-electron chi connectivity index (χ3n) is 4.17. The number of carbonyl (C=O) groups is 1. The summed E-state index contributed by atoms with van der Waals surface area (Å²) in [5.74, 6) is -0.167. The summed E-state index contributed by atoms with van der Waals surface area (Å²) in [5.41, 5.74) is 5.24. The Balaban J connectivity index is 2.03. The highest BCUT2D eigenvalue weighted by Gasteiger charge is 2.19. The maximum Gasteiger partial charge on any atom is 0.279 e. The SMILES string of the molecule is CCOc1nc2cc(C)c(C)cc2nc1C(=O)Nc1ccc(C)c(Cl)c1. The van der Waals surface area contributed by atoms with Crippen LogP contribution >= 0.6 is 11.6 Å². The molecule has 3 rings (SSSR count). The number of amides is 1. The van der Waals surface area contributed by atoms with Crippen LogP contribution in [0.15, 0.2) is 30.3 Å². The largest absolute Gasteiger partial charge is 0.476 e. The van der Waals surface area contributed by atoms with Gasteiger partial charge < -0.3 is 10.1 Å². The predicted molar refractivity (Wildman–Crippen MR) is 104 cm³/mol. The maximum atomic E-state index is 12.8. The van der Waals surface area contributed by atoms with Crippen LogP contribution < -0.4 is 10.1 Å². The fraction of sp³-hybridized carbons (Fsp3) is 0.250. The number of rotatable bonds is 4. The van der Waals surface area contributed by atoms with Crippen LogP contribution in [0.2, 0.25) is 5.02 Å². The molecule has 0 atom stereocenters. The molecule has 0 saturated heterocycles. The second-order valence-corrected chi connectivity index (χ2v) is 6.56. The molecule has 1 N–H and O–H groups in total. The van der Waals surface area contributed by atoms with E-state index in [-0.39, 0.29) is 17.5 Å². The van der Waals surface area contributed by atoms with Crippen LogP contribution in [0, 0.1) is 20.8 Å². The van der Waals surface area contributed by atoms with E-state index in [0.717, 1.165) is 16.7 Å². The van der Waals surface area contributed by atoms with E-state index >= 15 is 0 Å². The Kier molecular flexibility index (Phi) is 5.09. The van der Waals surface area contributed by atoms with Crippen LogP contribution in [-0.4, -0.2) is 22.5 Å². The molecule has 1 amide bonds. The van der Waals surface area contributed by atoms with Crippen molar-refractivity contribution < 1.29 is 9.53 Å². The van der Waals surface area contributed by atoms with Crippen molar-refractivity contribution in [2.75, 3.05) is 11.9 Å². The second kappa shape index (κ2) is 7.30. The van der Waals surface area contributed by atoms with Gasteiger partial charge in [-0.2, -0.15) is 0 Å². The Morgan fingerprint density at radius 3 is 2.31 bits per heavy atom. The lowest BCUT2D eigenvalue weighted by Gasteiger charge is -2.12. The molecule has 0 bridgehead atoms. The van der Waals surface area contributed by atoms with Crippen LogP contribution in [0.3, 0.4) is 0 Å². The molecule has 26 heavy (non-hydrogen) atoms. The highest BCUT2D eigenvalue weighted by atomic mass is 35.5. The molecule has 0 spiro atoms. The minimum absolute atomic E-state index is 0.152. The van der Waals surface area contributed by atoms with Gasteiger partial charge in [-0.1, -0.05) is 17.7 Å². The molecule has 0 unspecified atom stereocenters. The van der Waals surface area contributed by atoms with E-state index in [0.29, 0.717) is 28.4 Å².